The van der Waals surface area contributed by atoms with Gasteiger partial charge < -0.3 is 15.5 Å². The first-order valence-electron chi connectivity index (χ1n) is 10.1. The van der Waals surface area contributed by atoms with E-state index < -0.39 is 15.5 Å². The molecule has 2 saturated heterocycles. The molecule has 2 aliphatic heterocycles. The summed E-state index contributed by atoms with van der Waals surface area (Å²) in [6.45, 7) is 9.12. The van der Waals surface area contributed by atoms with Gasteiger partial charge in [-0.3, -0.25) is 9.89 Å². The van der Waals surface area contributed by atoms with Crippen molar-refractivity contribution in [3.63, 3.8) is 0 Å². The molecule has 2 aliphatic rings. The van der Waals surface area contributed by atoms with Crippen molar-refractivity contribution < 1.29 is 21.6 Å². The third kappa shape index (κ3) is 6.69. The molecule has 0 aliphatic carbocycles. The molecule has 2 fully saturated rings. The minimum atomic E-state index is -5.25. The number of hydrogen-bond acceptors (Lipinski definition) is 5. The topological polar surface area (TPSA) is 80.3 Å². The van der Waals surface area contributed by atoms with Gasteiger partial charge in [-0.15, -0.1) is 0 Å². The Balaban J connectivity index is 1.87. The van der Waals surface area contributed by atoms with Crippen molar-refractivity contribution in [2.45, 2.75) is 44.3 Å². The molecule has 2 heterocycles. The molecule has 1 unspecified atom stereocenters. The van der Waals surface area contributed by atoms with Gasteiger partial charge in [0.1, 0.15) is 0 Å². The fourth-order valence-electron chi connectivity index (χ4n) is 3.50. The number of sulfonamides is 1. The molecule has 2 rings (SSSR count). The van der Waals surface area contributed by atoms with Crippen molar-refractivity contribution in [3.8, 4) is 0 Å². The average Bonchev–Trinajstić information content (AvgIpc) is 2.66. The Morgan fingerprint density at radius 2 is 1.72 bits per heavy atom. The van der Waals surface area contributed by atoms with Gasteiger partial charge >= 0.3 is 15.5 Å². The van der Waals surface area contributed by atoms with Crippen LogP contribution in [0.3, 0.4) is 0 Å². The molecule has 0 aromatic heterocycles. The molecule has 12 heteroatoms. The van der Waals surface area contributed by atoms with Crippen LogP contribution in [0.25, 0.3) is 0 Å². The van der Waals surface area contributed by atoms with Crippen LogP contribution in [-0.4, -0.2) is 105 Å². The van der Waals surface area contributed by atoms with Gasteiger partial charge in [0.2, 0.25) is 0 Å². The predicted molar refractivity (Wildman–Crippen MR) is 107 cm³/mol. The number of halogens is 3. The molecule has 29 heavy (non-hydrogen) atoms. The summed E-state index contributed by atoms with van der Waals surface area (Å²) in [4.78, 5) is 9.33. The molecule has 1 atom stereocenters. The van der Waals surface area contributed by atoms with Crippen molar-refractivity contribution in [3.05, 3.63) is 0 Å². The second kappa shape index (κ2) is 10.3. The van der Waals surface area contributed by atoms with Crippen molar-refractivity contribution in [2.75, 3.05) is 59.4 Å². The van der Waals surface area contributed by atoms with Gasteiger partial charge in [-0.25, -0.2) is 8.42 Å². The molecule has 0 saturated carbocycles. The molecule has 0 amide bonds. The lowest BCUT2D eigenvalue weighted by atomic mass is 10.1. The number of alkyl halides is 3. The Kier molecular flexibility index (Phi) is 8.56. The summed E-state index contributed by atoms with van der Waals surface area (Å²) in [6, 6.07) is 0.171. The van der Waals surface area contributed by atoms with Crippen LogP contribution in [0.4, 0.5) is 13.2 Å². The Labute approximate surface area is 171 Å². The first kappa shape index (κ1) is 24.2. The number of guanidine groups is 1. The summed E-state index contributed by atoms with van der Waals surface area (Å²) in [5.74, 6) is 0.616. The summed E-state index contributed by atoms with van der Waals surface area (Å²) in [5, 5.41) is 6.40. The SMILES string of the molecule is CCNC(=NCC(C)N1CCN(C)CC1)NC1CCN(S(=O)(=O)C(F)(F)F)CC1. The number of likely N-dealkylation sites (N-methyl/N-ethyl adjacent to an activating group) is 1. The highest BCUT2D eigenvalue weighted by Crippen LogP contribution is 2.28. The fourth-order valence-corrected chi connectivity index (χ4v) is 4.49. The zero-order chi connectivity index (χ0) is 21.7. The van der Waals surface area contributed by atoms with E-state index in [2.05, 4.69) is 39.4 Å². The lowest BCUT2D eigenvalue weighted by Gasteiger charge is -2.36. The van der Waals surface area contributed by atoms with Gasteiger partial charge in [0.05, 0.1) is 6.54 Å². The largest absolute Gasteiger partial charge is 0.511 e. The molecule has 0 bridgehead atoms. The molecule has 0 radical (unpaired) electrons. The molecule has 8 nitrogen and oxygen atoms in total. The van der Waals surface area contributed by atoms with Crippen LogP contribution in [0, 0.1) is 0 Å². The molecular weight excluding hydrogens is 409 g/mol. The predicted octanol–water partition coefficient (Wildman–Crippen LogP) is 0.491. The standard InChI is InChI=1S/C17H33F3N6O2S/c1-4-21-16(22-13-14(2)25-11-9-24(3)10-12-25)23-15-5-7-26(8-6-15)29(27,28)17(18,19)20/h14-15H,4-13H2,1-3H3,(H2,21,22,23). The summed E-state index contributed by atoms with van der Waals surface area (Å²) in [6.07, 6.45) is 0.599. The van der Waals surface area contributed by atoms with E-state index >= 15 is 0 Å². The van der Waals surface area contributed by atoms with Crippen molar-refractivity contribution in [1.82, 2.24) is 24.7 Å². The molecule has 0 aromatic rings. The van der Waals surface area contributed by atoms with Gasteiger partial charge in [0.25, 0.3) is 0 Å². The maximum atomic E-state index is 12.7. The smallest absolute Gasteiger partial charge is 0.357 e. The van der Waals surface area contributed by atoms with Crippen LogP contribution >= 0.6 is 0 Å². The summed E-state index contributed by atoms with van der Waals surface area (Å²) in [7, 11) is -3.14. The van der Waals surface area contributed by atoms with Gasteiger partial charge in [-0.2, -0.15) is 17.5 Å². The molecular formula is C17H33F3N6O2S. The third-order valence-electron chi connectivity index (χ3n) is 5.45. The number of nitrogens with zero attached hydrogens (tertiary/aromatic N) is 4. The first-order valence-corrected chi connectivity index (χ1v) is 11.5. The van der Waals surface area contributed by atoms with Gasteiger partial charge in [0.15, 0.2) is 5.96 Å². The Morgan fingerprint density at radius 3 is 2.24 bits per heavy atom. The molecule has 170 valence electrons. The Bertz CT molecular complexity index is 642. The maximum absolute atomic E-state index is 12.7. The Morgan fingerprint density at radius 1 is 1.14 bits per heavy atom. The van der Waals surface area contributed by atoms with Crippen LogP contribution in [0.2, 0.25) is 0 Å². The minimum Gasteiger partial charge on any atom is -0.357 e. The quantitative estimate of drug-likeness (QED) is 0.461. The average molecular weight is 443 g/mol. The lowest BCUT2D eigenvalue weighted by Crippen LogP contribution is -2.52. The third-order valence-corrected chi connectivity index (χ3v) is 7.08. The number of rotatable bonds is 6. The van der Waals surface area contributed by atoms with Crippen LogP contribution in [0.5, 0.6) is 0 Å². The van der Waals surface area contributed by atoms with Gasteiger partial charge in [0, 0.05) is 57.9 Å². The number of piperazine rings is 1. The Hall–Kier alpha value is -1.11. The maximum Gasteiger partial charge on any atom is 0.511 e. The van der Waals surface area contributed by atoms with E-state index in [1.54, 1.807) is 0 Å². The minimum absolute atomic E-state index is 0.119. The van der Waals surface area contributed by atoms with Crippen LogP contribution < -0.4 is 10.6 Å². The van der Waals surface area contributed by atoms with Crippen LogP contribution in [0.15, 0.2) is 4.99 Å². The molecule has 0 aromatic carbocycles. The van der Waals surface area contributed by atoms with E-state index in [9.17, 15) is 21.6 Å². The zero-order valence-corrected chi connectivity index (χ0v) is 18.2. The van der Waals surface area contributed by atoms with E-state index in [-0.39, 0.29) is 25.2 Å². The first-order chi connectivity index (χ1) is 13.5. The van der Waals surface area contributed by atoms with Crippen molar-refractivity contribution in [1.29, 1.82) is 0 Å². The van der Waals surface area contributed by atoms with E-state index in [0.29, 0.717) is 36.2 Å². The monoisotopic (exact) mass is 442 g/mol. The van der Waals surface area contributed by atoms with Crippen LogP contribution in [-0.2, 0) is 10.0 Å². The zero-order valence-electron chi connectivity index (χ0n) is 17.4. The van der Waals surface area contributed by atoms with Gasteiger partial charge in [-0.1, -0.05) is 0 Å². The van der Waals surface area contributed by atoms with Crippen molar-refractivity contribution in [2.24, 2.45) is 4.99 Å². The van der Waals surface area contributed by atoms with E-state index in [0.717, 1.165) is 26.2 Å². The second-order valence-corrected chi connectivity index (χ2v) is 9.61. The fraction of sp³-hybridized carbons (Fsp3) is 0.941. The van der Waals surface area contributed by atoms with Crippen molar-refractivity contribution >= 4 is 16.0 Å². The normalized spacial score (nSPS) is 23.2. The number of aliphatic imine (C=N–C) groups is 1. The van der Waals surface area contributed by atoms with Gasteiger partial charge in [-0.05, 0) is 33.7 Å². The van der Waals surface area contributed by atoms with E-state index in [1.165, 1.54) is 0 Å². The summed E-state index contributed by atoms with van der Waals surface area (Å²) < 4.78 is 61.7. The summed E-state index contributed by atoms with van der Waals surface area (Å²) in [5.41, 5.74) is -5.25. The number of nitrogens with one attached hydrogen (secondary N) is 2. The highest BCUT2D eigenvalue weighted by Gasteiger charge is 2.50. The highest BCUT2D eigenvalue weighted by atomic mass is 32.2. The number of hydrogen-bond donors (Lipinski definition) is 2. The van der Waals surface area contributed by atoms with Crippen LogP contribution in [0.1, 0.15) is 26.7 Å². The molecule has 2 N–H and O–H groups in total. The second-order valence-electron chi connectivity index (χ2n) is 7.68. The molecule has 0 spiro atoms. The lowest BCUT2D eigenvalue weighted by molar-refractivity contribution is -0.0494. The highest BCUT2D eigenvalue weighted by molar-refractivity contribution is 7.90. The summed E-state index contributed by atoms with van der Waals surface area (Å²) >= 11 is 0. The number of piperidine rings is 1. The van der Waals surface area contributed by atoms with E-state index in [1.807, 2.05) is 6.92 Å². The van der Waals surface area contributed by atoms with E-state index in [4.69, 9.17) is 0 Å².